The van der Waals surface area contributed by atoms with Gasteiger partial charge in [-0.2, -0.15) is 15.3 Å². The zero-order valence-corrected chi connectivity index (χ0v) is 15.4. The van der Waals surface area contributed by atoms with Crippen LogP contribution in [0.25, 0.3) is 11.3 Å². The third kappa shape index (κ3) is 4.23. The van der Waals surface area contributed by atoms with Gasteiger partial charge in [0.1, 0.15) is 11.5 Å². The largest absolute Gasteiger partial charge is 0.455 e. The van der Waals surface area contributed by atoms with E-state index in [0.717, 1.165) is 6.20 Å². The number of hydrogen-bond acceptors (Lipinski definition) is 8. The van der Waals surface area contributed by atoms with E-state index in [1.54, 1.807) is 29.2 Å². The van der Waals surface area contributed by atoms with E-state index in [4.69, 9.17) is 9.15 Å². The van der Waals surface area contributed by atoms with Gasteiger partial charge < -0.3 is 14.1 Å². The second kappa shape index (κ2) is 8.50. The topological polar surface area (TPSA) is 99.6 Å². The maximum Gasteiger partial charge on any atom is 0.245 e. The number of ether oxygens (including phenoxy) is 1. The van der Waals surface area contributed by atoms with Gasteiger partial charge >= 0.3 is 0 Å². The predicted octanol–water partition coefficient (Wildman–Crippen LogP) is 3.03. The summed E-state index contributed by atoms with van der Waals surface area (Å²) in [5, 5.41) is 13.3. The lowest BCUT2D eigenvalue weighted by Gasteiger charge is -2.27. The van der Waals surface area contributed by atoms with Crippen molar-refractivity contribution in [3.05, 3.63) is 59.7 Å². The molecular weight excluding hydrogens is 375 g/mol. The maximum atomic E-state index is 14.1. The van der Waals surface area contributed by atoms with Crippen LogP contribution in [0.2, 0.25) is 0 Å². The molecule has 1 aliphatic rings. The summed E-state index contributed by atoms with van der Waals surface area (Å²) in [6.07, 6.45) is 2.57. The van der Waals surface area contributed by atoms with Crippen LogP contribution in [0, 0.1) is 17.1 Å². The number of rotatable bonds is 5. The highest BCUT2D eigenvalue weighted by molar-refractivity contribution is 5.78. The number of nitrogens with one attached hydrogen (secondary N) is 1. The number of furan rings is 1. The molecule has 1 aromatic carbocycles. The smallest absolute Gasteiger partial charge is 0.245 e. The van der Waals surface area contributed by atoms with Crippen molar-refractivity contribution in [1.29, 1.82) is 5.26 Å². The van der Waals surface area contributed by atoms with E-state index in [0.29, 0.717) is 49.0 Å². The molecule has 1 N–H and O–H groups in total. The summed E-state index contributed by atoms with van der Waals surface area (Å²) in [4.78, 5) is 9.91. The zero-order chi connectivity index (χ0) is 20.1. The Hall–Kier alpha value is -3.77. The Balaban J connectivity index is 1.46. The summed E-state index contributed by atoms with van der Waals surface area (Å²) < 4.78 is 25.1. The zero-order valence-electron chi connectivity index (χ0n) is 15.4. The SMILES string of the molecule is N#Cc1ccccc1-c1ccc(C=NNc2ncc(F)c(N3CCOCC3)n2)o1. The van der Waals surface area contributed by atoms with Crippen LogP contribution in [0.5, 0.6) is 0 Å². The summed E-state index contributed by atoms with van der Waals surface area (Å²) in [5.41, 5.74) is 3.92. The van der Waals surface area contributed by atoms with Crippen LogP contribution < -0.4 is 10.3 Å². The average Bonchev–Trinajstić information content (AvgIpc) is 3.24. The molecule has 9 heteroatoms. The Morgan fingerprint density at radius 2 is 2.03 bits per heavy atom. The summed E-state index contributed by atoms with van der Waals surface area (Å²) in [7, 11) is 0. The van der Waals surface area contributed by atoms with Crippen LogP contribution >= 0.6 is 0 Å². The molecule has 0 radical (unpaired) electrons. The van der Waals surface area contributed by atoms with Crippen molar-refractivity contribution in [3.63, 3.8) is 0 Å². The molecule has 0 amide bonds. The lowest BCUT2D eigenvalue weighted by Crippen LogP contribution is -2.37. The van der Waals surface area contributed by atoms with E-state index in [1.165, 1.54) is 6.21 Å². The van der Waals surface area contributed by atoms with Gasteiger partial charge in [0.25, 0.3) is 0 Å². The highest BCUT2D eigenvalue weighted by Crippen LogP contribution is 2.25. The van der Waals surface area contributed by atoms with E-state index >= 15 is 0 Å². The molecule has 0 spiro atoms. The Labute approximate surface area is 166 Å². The van der Waals surface area contributed by atoms with Crippen LogP contribution in [0.4, 0.5) is 16.2 Å². The van der Waals surface area contributed by atoms with E-state index in [1.807, 2.05) is 12.1 Å². The number of benzene rings is 1. The molecule has 8 nitrogen and oxygen atoms in total. The van der Waals surface area contributed by atoms with E-state index in [9.17, 15) is 9.65 Å². The first kappa shape index (κ1) is 18.6. The second-order valence-electron chi connectivity index (χ2n) is 6.19. The highest BCUT2D eigenvalue weighted by Gasteiger charge is 2.17. The van der Waals surface area contributed by atoms with Crippen molar-refractivity contribution >= 4 is 18.0 Å². The Morgan fingerprint density at radius 3 is 2.86 bits per heavy atom. The van der Waals surface area contributed by atoms with Gasteiger partial charge in [-0.05, 0) is 24.3 Å². The molecule has 1 aliphatic heterocycles. The van der Waals surface area contributed by atoms with Crippen molar-refractivity contribution < 1.29 is 13.5 Å². The summed E-state index contributed by atoms with van der Waals surface area (Å²) >= 11 is 0. The molecule has 3 heterocycles. The van der Waals surface area contributed by atoms with Crippen LogP contribution in [0.3, 0.4) is 0 Å². The first-order valence-corrected chi connectivity index (χ1v) is 8.98. The van der Waals surface area contributed by atoms with Gasteiger partial charge in [0.05, 0.1) is 37.3 Å². The fourth-order valence-electron chi connectivity index (χ4n) is 2.92. The lowest BCUT2D eigenvalue weighted by atomic mass is 10.1. The van der Waals surface area contributed by atoms with Gasteiger partial charge in [0, 0.05) is 18.7 Å². The molecule has 0 unspecified atom stereocenters. The predicted molar refractivity (Wildman–Crippen MR) is 105 cm³/mol. The monoisotopic (exact) mass is 392 g/mol. The fourth-order valence-corrected chi connectivity index (χ4v) is 2.92. The first-order chi connectivity index (χ1) is 14.2. The van der Waals surface area contributed by atoms with Crippen LogP contribution in [-0.4, -0.2) is 42.5 Å². The van der Waals surface area contributed by atoms with Gasteiger partial charge in [-0.3, -0.25) is 0 Å². The fraction of sp³-hybridized carbons (Fsp3) is 0.200. The number of hydrazone groups is 1. The molecule has 29 heavy (non-hydrogen) atoms. The number of hydrogen-bond donors (Lipinski definition) is 1. The average molecular weight is 392 g/mol. The van der Waals surface area contributed by atoms with Gasteiger partial charge in [0.2, 0.25) is 5.95 Å². The summed E-state index contributed by atoms with van der Waals surface area (Å²) in [6, 6.07) is 12.8. The highest BCUT2D eigenvalue weighted by atomic mass is 19.1. The van der Waals surface area contributed by atoms with Crippen LogP contribution in [0.15, 0.2) is 52.1 Å². The molecule has 0 saturated carbocycles. The van der Waals surface area contributed by atoms with Crippen molar-refractivity contribution in [1.82, 2.24) is 9.97 Å². The number of nitriles is 1. The molecule has 0 bridgehead atoms. The van der Waals surface area contributed by atoms with Gasteiger partial charge in [-0.15, -0.1) is 0 Å². The minimum Gasteiger partial charge on any atom is -0.455 e. The standard InChI is InChI=1S/C20H17FN6O2/c21-17-13-23-20(25-19(17)27-7-9-28-10-8-27)26-24-12-15-5-6-18(29-15)16-4-2-1-3-14(16)11-22/h1-6,12-13H,7-10H2,(H,23,25,26). The maximum absolute atomic E-state index is 14.1. The molecule has 146 valence electrons. The number of aromatic nitrogens is 2. The molecule has 0 aliphatic carbocycles. The lowest BCUT2D eigenvalue weighted by molar-refractivity contribution is 0.122. The van der Waals surface area contributed by atoms with Crippen molar-refractivity contribution in [3.8, 4) is 17.4 Å². The van der Waals surface area contributed by atoms with Crippen molar-refractivity contribution in [2.45, 2.75) is 0 Å². The van der Waals surface area contributed by atoms with Crippen molar-refractivity contribution in [2.75, 3.05) is 36.6 Å². The Kier molecular flexibility index (Phi) is 5.45. The van der Waals surface area contributed by atoms with Gasteiger partial charge in [-0.25, -0.2) is 14.8 Å². The number of morpholine rings is 1. The van der Waals surface area contributed by atoms with E-state index < -0.39 is 5.82 Å². The van der Waals surface area contributed by atoms with Gasteiger partial charge in [0.15, 0.2) is 11.6 Å². The third-order valence-corrected chi connectivity index (χ3v) is 4.33. The van der Waals surface area contributed by atoms with Crippen LogP contribution in [-0.2, 0) is 4.74 Å². The first-order valence-electron chi connectivity index (χ1n) is 8.98. The Morgan fingerprint density at radius 1 is 1.21 bits per heavy atom. The molecular formula is C20H17FN6O2. The second-order valence-corrected chi connectivity index (χ2v) is 6.19. The summed E-state index contributed by atoms with van der Waals surface area (Å²) in [6.45, 7) is 2.19. The van der Waals surface area contributed by atoms with E-state index in [-0.39, 0.29) is 11.8 Å². The number of halogens is 1. The van der Waals surface area contributed by atoms with Crippen LogP contribution in [0.1, 0.15) is 11.3 Å². The summed E-state index contributed by atoms with van der Waals surface area (Å²) in [5.74, 6) is 0.945. The van der Waals surface area contributed by atoms with Gasteiger partial charge in [-0.1, -0.05) is 12.1 Å². The third-order valence-electron chi connectivity index (χ3n) is 4.33. The molecule has 1 saturated heterocycles. The Bertz CT molecular complexity index is 1070. The normalized spacial score (nSPS) is 14.1. The quantitative estimate of drug-likeness (QED) is 0.526. The molecule has 1 fully saturated rings. The van der Waals surface area contributed by atoms with E-state index in [2.05, 4.69) is 26.6 Å². The number of anilines is 2. The number of nitrogens with zero attached hydrogens (tertiary/aromatic N) is 5. The van der Waals surface area contributed by atoms with Crippen molar-refractivity contribution in [2.24, 2.45) is 5.10 Å². The minimum absolute atomic E-state index is 0.172. The minimum atomic E-state index is -0.492. The molecule has 0 atom stereocenters. The molecule has 4 rings (SSSR count). The molecule has 2 aromatic heterocycles. The molecule has 3 aromatic rings.